The number of carbonyl (C=O) groups excluding carboxylic acids is 1. The summed E-state index contributed by atoms with van der Waals surface area (Å²) in [7, 11) is 1.80. The number of likely N-dealkylation sites (tertiary alicyclic amines) is 1. The first kappa shape index (κ1) is 22.3. The van der Waals surface area contributed by atoms with Gasteiger partial charge >= 0.3 is 0 Å². The number of carbonyl (C=O) groups is 1. The van der Waals surface area contributed by atoms with Crippen LogP contribution in [0.1, 0.15) is 49.3 Å². The third-order valence-corrected chi connectivity index (χ3v) is 6.58. The van der Waals surface area contributed by atoms with Gasteiger partial charge in [0.25, 0.3) is 0 Å². The minimum absolute atomic E-state index is 0.146. The molecule has 1 saturated carbocycles. The number of nitrogens with one attached hydrogen (secondary N) is 3. The first-order chi connectivity index (χ1) is 15.7. The summed E-state index contributed by atoms with van der Waals surface area (Å²) in [5.74, 6) is 1.12. The molecule has 4 rings (SSSR count). The number of benzene rings is 2. The van der Waals surface area contributed by atoms with Gasteiger partial charge in [0, 0.05) is 31.7 Å². The lowest BCUT2D eigenvalue weighted by Gasteiger charge is -2.29. The molecule has 2 aliphatic rings. The molecular weight excluding hydrogens is 398 g/mol. The molecule has 0 aromatic heterocycles. The largest absolute Gasteiger partial charge is 0.354 e. The van der Waals surface area contributed by atoms with E-state index in [1.54, 1.807) is 7.05 Å². The summed E-state index contributed by atoms with van der Waals surface area (Å²) in [5, 5.41) is 9.99. The Hall–Kier alpha value is -2.86. The van der Waals surface area contributed by atoms with Crippen LogP contribution in [0.25, 0.3) is 0 Å². The lowest BCUT2D eigenvalue weighted by atomic mass is 9.85. The molecule has 2 aromatic rings. The molecule has 6 nitrogen and oxygen atoms in total. The molecule has 0 radical (unpaired) electrons. The molecule has 2 aromatic carbocycles. The molecule has 2 fully saturated rings. The van der Waals surface area contributed by atoms with Crippen LogP contribution in [0.2, 0.25) is 0 Å². The zero-order chi connectivity index (χ0) is 22.2. The van der Waals surface area contributed by atoms with Crippen LogP contribution >= 0.6 is 0 Å². The Morgan fingerprint density at radius 2 is 1.81 bits per heavy atom. The van der Waals surface area contributed by atoms with E-state index in [-0.39, 0.29) is 11.8 Å². The van der Waals surface area contributed by atoms with Crippen LogP contribution in [-0.2, 0) is 11.3 Å². The number of amides is 1. The van der Waals surface area contributed by atoms with Gasteiger partial charge in [-0.2, -0.15) is 0 Å². The van der Waals surface area contributed by atoms with Gasteiger partial charge < -0.3 is 16.0 Å². The fourth-order valence-corrected chi connectivity index (χ4v) is 4.46. The van der Waals surface area contributed by atoms with Crippen LogP contribution in [0.4, 0.5) is 5.69 Å². The van der Waals surface area contributed by atoms with E-state index in [4.69, 9.17) is 0 Å². The summed E-state index contributed by atoms with van der Waals surface area (Å²) in [6.07, 6.45) is 5.72. The Kier molecular flexibility index (Phi) is 7.77. The Bertz CT molecular complexity index is 903. The van der Waals surface area contributed by atoms with Crippen molar-refractivity contribution in [2.75, 3.05) is 32.0 Å². The van der Waals surface area contributed by atoms with Crippen molar-refractivity contribution in [1.82, 2.24) is 15.5 Å². The normalized spacial score (nSPS) is 18.1. The van der Waals surface area contributed by atoms with Crippen molar-refractivity contribution in [2.45, 2.75) is 44.7 Å². The molecule has 1 atom stereocenters. The topological polar surface area (TPSA) is 68.8 Å². The second-order valence-electron chi connectivity index (χ2n) is 8.79. The average Bonchev–Trinajstić information content (AvgIpc) is 3.30. The van der Waals surface area contributed by atoms with Gasteiger partial charge in [-0.3, -0.25) is 14.7 Å². The molecule has 1 unspecified atom stereocenters. The van der Waals surface area contributed by atoms with E-state index < -0.39 is 0 Å². The lowest BCUT2D eigenvalue weighted by Crippen LogP contribution is -2.42. The van der Waals surface area contributed by atoms with Crippen molar-refractivity contribution < 1.29 is 4.79 Å². The molecular formula is C26H35N5O. The highest BCUT2D eigenvalue weighted by molar-refractivity contribution is 5.93. The fourth-order valence-electron chi connectivity index (χ4n) is 4.46. The van der Waals surface area contributed by atoms with Gasteiger partial charge in [0.2, 0.25) is 5.91 Å². The molecule has 32 heavy (non-hydrogen) atoms. The van der Waals surface area contributed by atoms with Crippen molar-refractivity contribution in [3.8, 4) is 0 Å². The maximum Gasteiger partial charge on any atom is 0.227 e. The summed E-state index contributed by atoms with van der Waals surface area (Å²) in [6.45, 7) is 3.74. The molecule has 1 aliphatic carbocycles. The van der Waals surface area contributed by atoms with Crippen LogP contribution < -0.4 is 16.0 Å². The molecule has 0 bridgehead atoms. The van der Waals surface area contributed by atoms with Crippen LogP contribution in [-0.4, -0.2) is 43.4 Å². The van der Waals surface area contributed by atoms with E-state index in [2.05, 4.69) is 62.2 Å². The predicted octanol–water partition coefficient (Wildman–Crippen LogP) is 3.93. The number of hydrogen-bond acceptors (Lipinski definition) is 3. The fraction of sp³-hybridized carbons (Fsp3) is 0.462. The van der Waals surface area contributed by atoms with Crippen LogP contribution in [0.3, 0.4) is 0 Å². The first-order valence-electron chi connectivity index (χ1n) is 11.9. The van der Waals surface area contributed by atoms with Crippen LogP contribution in [0, 0.1) is 5.92 Å². The number of guanidine groups is 1. The highest BCUT2D eigenvalue weighted by atomic mass is 16.1. The van der Waals surface area contributed by atoms with Gasteiger partial charge in [0.15, 0.2) is 5.96 Å². The van der Waals surface area contributed by atoms with E-state index in [1.165, 1.54) is 18.4 Å². The number of aliphatic imine (C=N–C) groups is 1. The highest BCUT2D eigenvalue weighted by Gasteiger charge is 2.25. The SMILES string of the molecule is CN=C(NCc1cccc(NC(=O)C2CCC2)c1)NCC(c1ccccc1)N1CCCC1. The van der Waals surface area contributed by atoms with E-state index in [9.17, 15) is 4.79 Å². The minimum atomic E-state index is 0.146. The summed E-state index contributed by atoms with van der Waals surface area (Å²) in [4.78, 5) is 19.2. The van der Waals surface area contributed by atoms with Gasteiger partial charge in [-0.1, -0.05) is 48.9 Å². The molecule has 1 amide bonds. The van der Waals surface area contributed by atoms with Gasteiger partial charge in [-0.05, 0) is 62.0 Å². The average molecular weight is 434 g/mol. The zero-order valence-corrected chi connectivity index (χ0v) is 19.0. The summed E-state index contributed by atoms with van der Waals surface area (Å²) >= 11 is 0. The number of rotatable bonds is 8. The Labute approximate surface area is 191 Å². The summed E-state index contributed by atoms with van der Waals surface area (Å²) in [6, 6.07) is 19.1. The first-order valence-corrected chi connectivity index (χ1v) is 11.9. The molecule has 1 aliphatic heterocycles. The molecule has 1 heterocycles. The maximum atomic E-state index is 12.2. The van der Waals surface area contributed by atoms with E-state index in [0.717, 1.165) is 56.1 Å². The highest BCUT2D eigenvalue weighted by Crippen LogP contribution is 2.28. The van der Waals surface area contributed by atoms with Crippen molar-refractivity contribution >= 4 is 17.6 Å². The monoisotopic (exact) mass is 433 g/mol. The van der Waals surface area contributed by atoms with Gasteiger partial charge in [-0.25, -0.2) is 0 Å². The van der Waals surface area contributed by atoms with Crippen molar-refractivity contribution in [3.05, 3.63) is 65.7 Å². The van der Waals surface area contributed by atoms with Crippen LogP contribution in [0.5, 0.6) is 0 Å². The Morgan fingerprint density at radius 3 is 2.50 bits per heavy atom. The molecule has 6 heteroatoms. The summed E-state index contributed by atoms with van der Waals surface area (Å²) < 4.78 is 0. The lowest BCUT2D eigenvalue weighted by molar-refractivity contribution is -0.122. The Balaban J connectivity index is 1.31. The van der Waals surface area contributed by atoms with Gasteiger partial charge in [0.05, 0.1) is 6.04 Å². The quantitative estimate of drug-likeness (QED) is 0.436. The standard InChI is InChI=1S/C26H35N5O/c1-27-26(29-19-24(31-15-5-6-16-31)21-10-3-2-4-11-21)28-18-20-9-7-14-23(17-20)30-25(32)22-12-8-13-22/h2-4,7,9-11,14,17,22,24H,5-6,8,12-13,15-16,18-19H2,1H3,(H,30,32)(H2,27,28,29). The maximum absolute atomic E-state index is 12.2. The molecule has 0 spiro atoms. The Morgan fingerprint density at radius 1 is 1.03 bits per heavy atom. The molecule has 1 saturated heterocycles. The predicted molar refractivity (Wildman–Crippen MR) is 131 cm³/mol. The number of anilines is 1. The van der Waals surface area contributed by atoms with Crippen molar-refractivity contribution in [1.29, 1.82) is 0 Å². The van der Waals surface area contributed by atoms with Crippen LogP contribution in [0.15, 0.2) is 59.6 Å². The number of nitrogens with zero attached hydrogens (tertiary/aromatic N) is 2. The third kappa shape index (κ3) is 5.88. The zero-order valence-electron chi connectivity index (χ0n) is 19.0. The smallest absolute Gasteiger partial charge is 0.227 e. The molecule has 3 N–H and O–H groups in total. The van der Waals surface area contributed by atoms with E-state index >= 15 is 0 Å². The minimum Gasteiger partial charge on any atom is -0.354 e. The molecule has 170 valence electrons. The second kappa shape index (κ2) is 11.1. The van der Waals surface area contributed by atoms with E-state index in [1.807, 2.05) is 18.2 Å². The van der Waals surface area contributed by atoms with Gasteiger partial charge in [-0.15, -0.1) is 0 Å². The summed E-state index contributed by atoms with van der Waals surface area (Å²) in [5.41, 5.74) is 3.31. The van der Waals surface area contributed by atoms with Crippen molar-refractivity contribution in [3.63, 3.8) is 0 Å². The van der Waals surface area contributed by atoms with Crippen molar-refractivity contribution in [2.24, 2.45) is 10.9 Å². The number of hydrogen-bond donors (Lipinski definition) is 3. The second-order valence-corrected chi connectivity index (χ2v) is 8.79. The van der Waals surface area contributed by atoms with E-state index in [0.29, 0.717) is 12.6 Å². The van der Waals surface area contributed by atoms with Gasteiger partial charge in [0.1, 0.15) is 0 Å². The third-order valence-electron chi connectivity index (χ3n) is 6.58.